The van der Waals surface area contributed by atoms with Crippen LogP contribution < -0.4 is 10.9 Å². The van der Waals surface area contributed by atoms with Gasteiger partial charge in [0.25, 0.3) is 11.5 Å². The normalized spacial score (nSPS) is 11.7. The van der Waals surface area contributed by atoms with Crippen LogP contribution in [0.15, 0.2) is 47.3 Å². The number of aromatic nitrogens is 1. The number of pyridine rings is 1. The molecule has 31 heavy (non-hydrogen) atoms. The van der Waals surface area contributed by atoms with Crippen molar-refractivity contribution in [1.82, 2.24) is 9.88 Å². The fourth-order valence-corrected chi connectivity index (χ4v) is 3.40. The van der Waals surface area contributed by atoms with Crippen LogP contribution in [0.5, 0.6) is 0 Å². The molecule has 0 aliphatic carbocycles. The molecule has 0 fully saturated rings. The lowest BCUT2D eigenvalue weighted by Crippen LogP contribution is -2.34. The Balaban J connectivity index is 2.09. The van der Waals surface area contributed by atoms with Gasteiger partial charge >= 0.3 is 6.18 Å². The number of benzene rings is 2. The van der Waals surface area contributed by atoms with Gasteiger partial charge in [-0.1, -0.05) is 18.2 Å². The van der Waals surface area contributed by atoms with Crippen LogP contribution in [0, 0.1) is 12.7 Å². The minimum absolute atomic E-state index is 0.0134. The van der Waals surface area contributed by atoms with Crippen molar-refractivity contribution in [3.8, 4) is 0 Å². The molecule has 0 aliphatic heterocycles. The molecule has 0 aliphatic rings. The number of carbonyl (C=O) groups excluding carboxylic acids is 1. The van der Waals surface area contributed by atoms with E-state index >= 15 is 0 Å². The zero-order valence-electron chi connectivity index (χ0n) is 16.8. The summed E-state index contributed by atoms with van der Waals surface area (Å²) >= 11 is 0. The molecule has 0 atom stereocenters. The van der Waals surface area contributed by atoms with Gasteiger partial charge in [-0.3, -0.25) is 9.59 Å². The van der Waals surface area contributed by atoms with E-state index in [1.54, 1.807) is 13.0 Å². The first kappa shape index (κ1) is 22.5. The maximum absolute atomic E-state index is 13.4. The molecule has 0 bridgehead atoms. The lowest BCUT2D eigenvalue weighted by Gasteiger charge is -2.18. The van der Waals surface area contributed by atoms with Crippen molar-refractivity contribution in [2.24, 2.45) is 0 Å². The Kier molecular flexibility index (Phi) is 6.45. The molecule has 164 valence electrons. The second-order valence-corrected chi connectivity index (χ2v) is 6.99. The van der Waals surface area contributed by atoms with Gasteiger partial charge < -0.3 is 14.6 Å². The second kappa shape index (κ2) is 8.89. The molecule has 0 spiro atoms. The van der Waals surface area contributed by atoms with E-state index in [1.807, 2.05) is 0 Å². The first-order chi connectivity index (χ1) is 14.6. The van der Waals surface area contributed by atoms with Gasteiger partial charge in [0, 0.05) is 25.6 Å². The average molecular weight is 436 g/mol. The second-order valence-electron chi connectivity index (χ2n) is 6.99. The summed E-state index contributed by atoms with van der Waals surface area (Å²) in [5.41, 5.74) is -0.771. The van der Waals surface area contributed by atoms with Crippen LogP contribution in [0.2, 0.25) is 0 Å². The maximum Gasteiger partial charge on any atom is 0.416 e. The number of ether oxygens (including phenoxy) is 1. The highest BCUT2D eigenvalue weighted by Gasteiger charge is 2.31. The largest absolute Gasteiger partial charge is 0.416 e. The van der Waals surface area contributed by atoms with Crippen LogP contribution in [-0.4, -0.2) is 24.2 Å². The van der Waals surface area contributed by atoms with Crippen molar-refractivity contribution in [3.05, 3.63) is 81.0 Å². The van der Waals surface area contributed by atoms with Gasteiger partial charge in [-0.25, -0.2) is 4.39 Å². The molecule has 5 nitrogen and oxygen atoms in total. The first-order valence-corrected chi connectivity index (χ1v) is 9.39. The molecule has 1 heterocycles. The zero-order chi connectivity index (χ0) is 22.8. The maximum atomic E-state index is 13.4. The number of rotatable bonds is 6. The van der Waals surface area contributed by atoms with E-state index in [2.05, 4.69) is 5.32 Å². The Hall–Kier alpha value is -3.20. The molecule has 0 saturated carbocycles. The Morgan fingerprint density at radius 2 is 1.87 bits per heavy atom. The molecule has 3 rings (SSSR count). The number of nitrogens with zero attached hydrogens (tertiary/aromatic N) is 1. The molecule has 1 amide bonds. The Morgan fingerprint density at radius 1 is 1.13 bits per heavy atom. The van der Waals surface area contributed by atoms with Gasteiger partial charge in [0.15, 0.2) is 0 Å². The number of hydrogen-bond acceptors (Lipinski definition) is 3. The summed E-state index contributed by atoms with van der Waals surface area (Å²) in [6.07, 6.45) is -4.60. The molecule has 0 saturated heterocycles. The summed E-state index contributed by atoms with van der Waals surface area (Å²) in [7, 11) is 1.41. The van der Waals surface area contributed by atoms with Crippen LogP contribution in [0.1, 0.15) is 27.2 Å². The van der Waals surface area contributed by atoms with E-state index in [0.717, 1.165) is 16.7 Å². The van der Waals surface area contributed by atoms with E-state index in [1.165, 1.54) is 31.4 Å². The Labute approximate surface area is 175 Å². The van der Waals surface area contributed by atoms with E-state index < -0.39 is 29.0 Å². The van der Waals surface area contributed by atoms with Crippen molar-refractivity contribution in [3.63, 3.8) is 0 Å². The Morgan fingerprint density at radius 3 is 2.52 bits per heavy atom. The Bertz CT molecular complexity index is 1190. The van der Waals surface area contributed by atoms with Gasteiger partial charge in [0.2, 0.25) is 0 Å². The third-order valence-corrected chi connectivity index (χ3v) is 4.93. The predicted molar refractivity (Wildman–Crippen MR) is 107 cm³/mol. The van der Waals surface area contributed by atoms with Crippen molar-refractivity contribution in [1.29, 1.82) is 0 Å². The van der Waals surface area contributed by atoms with Gasteiger partial charge in [-0.2, -0.15) is 13.2 Å². The lowest BCUT2D eigenvalue weighted by atomic mass is 10.0. The molecular weight excluding hydrogens is 416 g/mol. The van der Waals surface area contributed by atoms with Crippen LogP contribution >= 0.6 is 0 Å². The van der Waals surface area contributed by atoms with Crippen LogP contribution in [0.4, 0.5) is 17.6 Å². The molecule has 1 aromatic heterocycles. The topological polar surface area (TPSA) is 60.3 Å². The molecule has 0 radical (unpaired) electrons. The highest BCUT2D eigenvalue weighted by Crippen LogP contribution is 2.31. The average Bonchev–Trinajstić information content (AvgIpc) is 2.72. The predicted octanol–water partition coefficient (Wildman–Crippen LogP) is 4.04. The molecule has 2 aromatic carbocycles. The number of hydrogen-bond donors (Lipinski definition) is 1. The molecular formula is C22H20F4N2O3. The standard InChI is InChI=1S/C22H20F4N2O3/c1-13-17-7-6-15(22(24,25)26)11-18(17)21(30)28(8-9-31-2)19(13)20(29)27-12-14-4-3-5-16(23)10-14/h3-7,10-11H,8-9,12H2,1-2H3,(H,27,29). The number of alkyl halides is 3. The van der Waals surface area contributed by atoms with Gasteiger partial charge in [-0.15, -0.1) is 0 Å². The highest BCUT2D eigenvalue weighted by atomic mass is 19.4. The van der Waals surface area contributed by atoms with E-state index in [-0.39, 0.29) is 36.2 Å². The van der Waals surface area contributed by atoms with Crippen LogP contribution in [0.3, 0.4) is 0 Å². The van der Waals surface area contributed by atoms with Crippen molar-refractivity contribution >= 4 is 16.7 Å². The third kappa shape index (κ3) is 4.77. The number of aryl methyl sites for hydroxylation is 1. The van der Waals surface area contributed by atoms with Gasteiger partial charge in [0.05, 0.1) is 12.2 Å². The number of carbonyl (C=O) groups is 1. The fraction of sp³-hybridized carbons (Fsp3) is 0.273. The third-order valence-electron chi connectivity index (χ3n) is 4.93. The molecule has 3 aromatic rings. The van der Waals surface area contributed by atoms with Crippen molar-refractivity contribution in [2.75, 3.05) is 13.7 Å². The van der Waals surface area contributed by atoms with Gasteiger partial charge in [0.1, 0.15) is 11.5 Å². The summed E-state index contributed by atoms with van der Waals surface area (Å²) < 4.78 is 58.9. The summed E-state index contributed by atoms with van der Waals surface area (Å²) in [6, 6.07) is 8.54. The smallest absolute Gasteiger partial charge is 0.383 e. The minimum Gasteiger partial charge on any atom is -0.383 e. The van der Waals surface area contributed by atoms with Gasteiger partial charge in [-0.05, 0) is 47.7 Å². The number of halogens is 4. The van der Waals surface area contributed by atoms with E-state index in [9.17, 15) is 27.2 Å². The van der Waals surface area contributed by atoms with Crippen molar-refractivity contribution in [2.45, 2.75) is 26.2 Å². The number of amides is 1. The number of nitrogens with one attached hydrogen (secondary N) is 1. The summed E-state index contributed by atoms with van der Waals surface area (Å²) in [6.45, 7) is 1.63. The summed E-state index contributed by atoms with van der Waals surface area (Å²) in [5.74, 6) is -1.05. The summed E-state index contributed by atoms with van der Waals surface area (Å²) in [4.78, 5) is 26.0. The van der Waals surface area contributed by atoms with Crippen LogP contribution in [-0.2, 0) is 24.0 Å². The quantitative estimate of drug-likeness (QED) is 0.594. The SMILES string of the molecule is COCCn1c(C(=O)NCc2cccc(F)c2)c(C)c2ccc(C(F)(F)F)cc2c1=O. The van der Waals surface area contributed by atoms with Crippen molar-refractivity contribution < 1.29 is 27.1 Å². The number of fused-ring (bicyclic) bond motifs is 1. The fourth-order valence-electron chi connectivity index (χ4n) is 3.40. The van der Waals surface area contributed by atoms with E-state index in [0.29, 0.717) is 11.1 Å². The summed E-state index contributed by atoms with van der Waals surface area (Å²) in [5, 5.41) is 2.76. The molecule has 9 heteroatoms. The first-order valence-electron chi connectivity index (χ1n) is 9.39. The lowest BCUT2D eigenvalue weighted by molar-refractivity contribution is -0.137. The van der Waals surface area contributed by atoms with Crippen LogP contribution in [0.25, 0.3) is 10.8 Å². The zero-order valence-corrected chi connectivity index (χ0v) is 16.8. The monoisotopic (exact) mass is 436 g/mol. The highest BCUT2D eigenvalue weighted by molar-refractivity contribution is 5.99. The molecule has 0 unspecified atom stereocenters. The molecule has 1 N–H and O–H groups in total. The van der Waals surface area contributed by atoms with E-state index in [4.69, 9.17) is 4.74 Å². The minimum atomic E-state index is -4.60. The number of methoxy groups -OCH3 is 1.